The zero-order valence-electron chi connectivity index (χ0n) is 5.24. The summed E-state index contributed by atoms with van der Waals surface area (Å²) in [6, 6.07) is 0. The van der Waals surface area contributed by atoms with Gasteiger partial charge in [0.15, 0.2) is 0 Å². The van der Waals surface area contributed by atoms with Gasteiger partial charge in [-0.15, -0.1) is 0 Å². The number of alkyl halides is 2. The van der Waals surface area contributed by atoms with Crippen molar-refractivity contribution in [3.8, 4) is 0 Å². The van der Waals surface area contributed by atoms with Gasteiger partial charge in [0.1, 0.15) is 0 Å². The van der Waals surface area contributed by atoms with Gasteiger partial charge in [0.25, 0.3) is 0 Å². The molecule has 0 amide bonds. The van der Waals surface area contributed by atoms with E-state index in [0.717, 1.165) is 0 Å². The summed E-state index contributed by atoms with van der Waals surface area (Å²) in [4.78, 5) is 0. The Morgan fingerprint density at radius 2 is 1.78 bits per heavy atom. The van der Waals surface area contributed by atoms with Crippen LogP contribution >= 0.6 is 31.9 Å². The molecule has 0 atom stereocenters. The molecule has 0 N–H and O–H groups in total. The zero-order valence-corrected chi connectivity index (χ0v) is 8.41. The quantitative estimate of drug-likeness (QED) is 0.628. The third-order valence-electron chi connectivity index (χ3n) is 1.65. The summed E-state index contributed by atoms with van der Waals surface area (Å²) in [7, 11) is 0. The fraction of sp³-hybridized carbons (Fsp3) is 0.714. The molecule has 1 aliphatic carbocycles. The van der Waals surface area contributed by atoms with Crippen molar-refractivity contribution in [1.29, 1.82) is 0 Å². The lowest BCUT2D eigenvalue weighted by atomic mass is 9.91. The van der Waals surface area contributed by atoms with Crippen molar-refractivity contribution < 1.29 is 0 Å². The monoisotopic (exact) mass is 252 g/mol. The molecule has 0 bridgehead atoms. The second kappa shape index (κ2) is 3.97. The first kappa shape index (κ1) is 8.06. The summed E-state index contributed by atoms with van der Waals surface area (Å²) in [5, 5.41) is 0. The fourth-order valence-electron chi connectivity index (χ4n) is 1.06. The Morgan fingerprint density at radius 1 is 1.22 bits per heavy atom. The Bertz CT molecular complexity index is 75.0. The van der Waals surface area contributed by atoms with E-state index in [2.05, 4.69) is 38.3 Å². The van der Waals surface area contributed by atoms with Crippen LogP contribution in [-0.2, 0) is 0 Å². The van der Waals surface area contributed by atoms with Gasteiger partial charge in [-0.2, -0.15) is 0 Å². The van der Waals surface area contributed by atoms with Gasteiger partial charge in [0, 0.05) is 5.92 Å². The van der Waals surface area contributed by atoms with Crippen LogP contribution in [0.1, 0.15) is 25.7 Å². The lowest BCUT2D eigenvalue weighted by Crippen LogP contribution is -2.09. The zero-order chi connectivity index (χ0) is 6.69. The van der Waals surface area contributed by atoms with E-state index >= 15 is 0 Å². The minimum absolute atomic E-state index is 0.457. The molecule has 0 spiro atoms. The maximum Gasteiger partial charge on any atom is 0.0759 e. The largest absolute Gasteiger partial charge is 0.0759 e. The number of hydrogen-bond acceptors (Lipinski definition) is 0. The molecule has 1 aliphatic rings. The smallest absolute Gasteiger partial charge is 0.0758 e. The highest BCUT2D eigenvalue weighted by atomic mass is 79.9. The van der Waals surface area contributed by atoms with Gasteiger partial charge in [0.2, 0.25) is 0 Å². The van der Waals surface area contributed by atoms with Crippen molar-refractivity contribution in [3.63, 3.8) is 0 Å². The van der Waals surface area contributed by atoms with Gasteiger partial charge in [-0.1, -0.05) is 31.9 Å². The minimum Gasteiger partial charge on any atom is -0.0758 e. The molecule has 1 rings (SSSR count). The van der Waals surface area contributed by atoms with Crippen molar-refractivity contribution in [2.24, 2.45) is 0 Å². The minimum atomic E-state index is 0.457. The highest BCUT2D eigenvalue weighted by Gasteiger charge is 2.19. The van der Waals surface area contributed by atoms with E-state index in [1.165, 1.54) is 25.7 Å². The van der Waals surface area contributed by atoms with Gasteiger partial charge in [0.05, 0.1) is 3.74 Å². The van der Waals surface area contributed by atoms with Crippen LogP contribution in [0, 0.1) is 12.3 Å². The van der Waals surface area contributed by atoms with E-state index in [4.69, 9.17) is 0 Å². The van der Waals surface area contributed by atoms with Crippen molar-refractivity contribution in [1.82, 2.24) is 0 Å². The van der Waals surface area contributed by atoms with Crippen LogP contribution < -0.4 is 0 Å². The van der Waals surface area contributed by atoms with Crippen LogP contribution in [0.4, 0.5) is 0 Å². The molecule has 0 aromatic carbocycles. The lowest BCUT2D eigenvalue weighted by molar-refractivity contribution is 0.634. The molecule has 9 heavy (non-hydrogen) atoms. The molecule has 2 radical (unpaired) electrons. The number of hydrogen-bond donors (Lipinski definition) is 0. The van der Waals surface area contributed by atoms with Crippen molar-refractivity contribution in [2.75, 3.05) is 0 Å². The van der Waals surface area contributed by atoms with E-state index in [0.29, 0.717) is 3.74 Å². The Hall–Kier alpha value is 0.960. The van der Waals surface area contributed by atoms with Crippen LogP contribution in [-0.4, -0.2) is 3.74 Å². The van der Waals surface area contributed by atoms with Crippen molar-refractivity contribution in [3.05, 3.63) is 12.3 Å². The van der Waals surface area contributed by atoms with E-state index in [-0.39, 0.29) is 0 Å². The fourth-order valence-corrected chi connectivity index (χ4v) is 1.98. The first-order valence-electron chi connectivity index (χ1n) is 3.25. The summed E-state index contributed by atoms with van der Waals surface area (Å²) in [5.41, 5.74) is 0. The number of halogens is 2. The Balaban J connectivity index is 2.23. The molecule has 0 nitrogen and oxygen atoms in total. The summed E-state index contributed by atoms with van der Waals surface area (Å²) >= 11 is 7.00. The second-order valence-corrected chi connectivity index (χ2v) is 5.39. The van der Waals surface area contributed by atoms with Crippen LogP contribution in [0.15, 0.2) is 0 Å². The van der Waals surface area contributed by atoms with Crippen molar-refractivity contribution in [2.45, 2.75) is 29.4 Å². The van der Waals surface area contributed by atoms with Gasteiger partial charge in [-0.05, 0) is 32.1 Å². The summed E-state index contributed by atoms with van der Waals surface area (Å²) in [6.45, 7) is 0. The first-order valence-corrected chi connectivity index (χ1v) is 5.08. The molecule has 0 unspecified atom stereocenters. The predicted octanol–water partition coefficient (Wildman–Crippen LogP) is 3.46. The van der Waals surface area contributed by atoms with Crippen LogP contribution in [0.2, 0.25) is 0 Å². The van der Waals surface area contributed by atoms with E-state index in [9.17, 15) is 0 Å². The Morgan fingerprint density at radius 3 is 2.11 bits per heavy atom. The Labute approximate surface area is 73.7 Å². The summed E-state index contributed by atoms with van der Waals surface area (Å²) in [5.74, 6) is 1.61. The molecule has 1 fully saturated rings. The maximum absolute atomic E-state index is 3.50. The van der Waals surface area contributed by atoms with Gasteiger partial charge >= 0.3 is 0 Å². The molecular formula is C7H10Br2. The van der Waals surface area contributed by atoms with Crippen LogP contribution in [0.5, 0.6) is 0 Å². The standard InChI is InChI=1S/C7H10Br2/c8-7(9)6-4-2-1-3-5-6/h1,7H,2-5H2. The van der Waals surface area contributed by atoms with E-state index in [1.807, 2.05) is 0 Å². The molecule has 52 valence electrons. The van der Waals surface area contributed by atoms with E-state index in [1.54, 1.807) is 5.92 Å². The second-order valence-electron chi connectivity index (χ2n) is 2.32. The van der Waals surface area contributed by atoms with Gasteiger partial charge in [-0.3, -0.25) is 0 Å². The molecule has 0 aliphatic heterocycles. The third kappa shape index (κ3) is 2.58. The maximum atomic E-state index is 3.50. The number of rotatable bonds is 1. The third-order valence-corrected chi connectivity index (χ3v) is 2.94. The van der Waals surface area contributed by atoms with E-state index < -0.39 is 0 Å². The summed E-state index contributed by atoms with van der Waals surface area (Å²) in [6.07, 6.45) is 7.43. The summed E-state index contributed by atoms with van der Waals surface area (Å²) < 4.78 is 0.457. The molecule has 0 aromatic heterocycles. The van der Waals surface area contributed by atoms with Crippen molar-refractivity contribution >= 4 is 31.9 Å². The lowest BCUT2D eigenvalue weighted by Gasteiger charge is -2.21. The highest BCUT2D eigenvalue weighted by molar-refractivity contribution is 9.24. The molecule has 2 heteroatoms. The van der Waals surface area contributed by atoms with Gasteiger partial charge < -0.3 is 0 Å². The van der Waals surface area contributed by atoms with Crippen LogP contribution in [0.3, 0.4) is 0 Å². The molecule has 0 saturated heterocycles. The normalized spacial score (nSPS) is 23.0. The average molecular weight is 254 g/mol. The predicted molar refractivity (Wildman–Crippen MR) is 47.7 cm³/mol. The first-order chi connectivity index (χ1) is 4.30. The SMILES string of the molecule is BrC(Br)[C]1CC[CH]CC1. The van der Waals surface area contributed by atoms with Gasteiger partial charge in [-0.25, -0.2) is 0 Å². The van der Waals surface area contributed by atoms with Crippen LogP contribution in [0.25, 0.3) is 0 Å². The molecule has 0 heterocycles. The average Bonchev–Trinajstić information content (AvgIpc) is 1.90. The topological polar surface area (TPSA) is 0 Å². The Kier molecular flexibility index (Phi) is 3.55. The molecular weight excluding hydrogens is 244 g/mol. The highest BCUT2D eigenvalue weighted by Crippen LogP contribution is 2.34. The molecule has 1 saturated carbocycles. The molecule has 0 aromatic rings.